The quantitative estimate of drug-likeness (QED) is 0.518. The van der Waals surface area contributed by atoms with Gasteiger partial charge in [-0.25, -0.2) is 9.37 Å². The van der Waals surface area contributed by atoms with Gasteiger partial charge in [-0.1, -0.05) is 23.5 Å². The Morgan fingerprint density at radius 2 is 2.18 bits per heavy atom. The smallest absolute Gasteiger partial charge is 0.277 e. The third kappa shape index (κ3) is 4.62. The number of amides is 1. The molecule has 0 bridgehead atoms. The number of thiazole rings is 1. The molecule has 1 amide bonds. The van der Waals surface area contributed by atoms with Crippen LogP contribution in [0.3, 0.4) is 0 Å². The number of aryl methyl sites for hydroxylation is 2. The standard InChI is InChI=1S/C22H27FN6O3S/c1-11-5-4-6-12(23)17(11)22-28-18(20(25)33-22)21(30)27-14-9-26-29(2)19(14)15-8-7-13(24)16(31-3)10-32-15/h4-6,9,13,15-16H,7-8,10,24-25H2,1-3H3,(H,27,30)/t13-,15+,16+/m1/s1. The number of carbonyl (C=O) groups excluding carboxylic acids is 1. The van der Waals surface area contributed by atoms with E-state index in [9.17, 15) is 9.18 Å². The van der Waals surface area contributed by atoms with Crippen LogP contribution in [0, 0.1) is 12.7 Å². The largest absolute Gasteiger partial charge is 0.389 e. The maximum absolute atomic E-state index is 14.4. The predicted octanol–water partition coefficient (Wildman–Crippen LogP) is 3.02. The monoisotopic (exact) mass is 474 g/mol. The van der Waals surface area contributed by atoms with E-state index >= 15 is 0 Å². The van der Waals surface area contributed by atoms with Crippen molar-refractivity contribution in [3.63, 3.8) is 0 Å². The van der Waals surface area contributed by atoms with Crippen LogP contribution in [0.1, 0.15) is 40.7 Å². The number of aromatic nitrogens is 3. The van der Waals surface area contributed by atoms with Crippen molar-refractivity contribution >= 4 is 27.9 Å². The summed E-state index contributed by atoms with van der Waals surface area (Å²) in [6, 6.07) is 4.63. The third-order valence-electron chi connectivity index (χ3n) is 5.85. The zero-order valence-corrected chi connectivity index (χ0v) is 19.5. The van der Waals surface area contributed by atoms with Crippen molar-refractivity contribution in [1.29, 1.82) is 0 Å². The molecule has 0 spiro atoms. The van der Waals surface area contributed by atoms with Gasteiger partial charge in [0, 0.05) is 25.8 Å². The molecule has 176 valence electrons. The van der Waals surface area contributed by atoms with Gasteiger partial charge in [0.25, 0.3) is 5.91 Å². The summed E-state index contributed by atoms with van der Waals surface area (Å²) in [6.07, 6.45) is 2.39. The molecule has 1 aromatic carbocycles. The van der Waals surface area contributed by atoms with Crippen molar-refractivity contribution in [2.24, 2.45) is 12.8 Å². The fourth-order valence-corrected chi connectivity index (χ4v) is 4.96. The van der Waals surface area contributed by atoms with E-state index in [1.54, 1.807) is 44.1 Å². The van der Waals surface area contributed by atoms with E-state index < -0.39 is 11.7 Å². The minimum Gasteiger partial charge on any atom is -0.389 e. The summed E-state index contributed by atoms with van der Waals surface area (Å²) in [4.78, 5) is 17.4. The molecular formula is C22H27FN6O3S. The van der Waals surface area contributed by atoms with Crippen LogP contribution in [0.15, 0.2) is 24.4 Å². The molecule has 0 saturated carbocycles. The molecule has 5 N–H and O–H groups in total. The van der Waals surface area contributed by atoms with Crippen LogP contribution >= 0.6 is 11.3 Å². The second-order valence-corrected chi connectivity index (χ2v) is 9.05. The van der Waals surface area contributed by atoms with Crippen LogP contribution in [0.25, 0.3) is 10.6 Å². The highest BCUT2D eigenvalue weighted by molar-refractivity contribution is 7.19. The van der Waals surface area contributed by atoms with Crippen molar-refractivity contribution in [3.8, 4) is 10.6 Å². The number of nitrogens with two attached hydrogens (primary N) is 2. The van der Waals surface area contributed by atoms with E-state index in [2.05, 4.69) is 15.4 Å². The molecule has 33 heavy (non-hydrogen) atoms. The van der Waals surface area contributed by atoms with Crippen LogP contribution in [-0.4, -0.2) is 46.5 Å². The Hall–Kier alpha value is -2.86. The van der Waals surface area contributed by atoms with Gasteiger partial charge in [0.1, 0.15) is 21.9 Å². The number of methoxy groups -OCH3 is 1. The first-order chi connectivity index (χ1) is 15.8. The fourth-order valence-electron chi connectivity index (χ4n) is 4.02. The molecule has 0 unspecified atom stereocenters. The molecule has 1 fully saturated rings. The minimum absolute atomic E-state index is 0.0377. The molecule has 1 aliphatic rings. The van der Waals surface area contributed by atoms with E-state index in [4.69, 9.17) is 20.9 Å². The summed E-state index contributed by atoms with van der Waals surface area (Å²) < 4.78 is 27.5. The van der Waals surface area contributed by atoms with Crippen LogP contribution in [0.2, 0.25) is 0 Å². The first-order valence-electron chi connectivity index (χ1n) is 10.5. The second-order valence-electron chi connectivity index (χ2n) is 8.02. The van der Waals surface area contributed by atoms with E-state index in [0.29, 0.717) is 47.0 Å². The number of carbonyl (C=O) groups is 1. The van der Waals surface area contributed by atoms with Gasteiger partial charge in [-0.05, 0) is 31.4 Å². The zero-order chi connectivity index (χ0) is 23.7. The Morgan fingerprint density at radius 3 is 2.91 bits per heavy atom. The number of nitrogen functional groups attached to an aromatic ring is 1. The topological polar surface area (TPSA) is 130 Å². The molecule has 1 aliphatic heterocycles. The third-order valence-corrected chi connectivity index (χ3v) is 6.75. The molecule has 2 aromatic heterocycles. The molecule has 3 aromatic rings. The molecule has 3 heterocycles. The number of hydrogen-bond acceptors (Lipinski definition) is 8. The summed E-state index contributed by atoms with van der Waals surface area (Å²) >= 11 is 1.07. The van der Waals surface area contributed by atoms with Crippen molar-refractivity contribution < 1.29 is 18.7 Å². The summed E-state index contributed by atoms with van der Waals surface area (Å²) in [5.41, 5.74) is 14.6. The van der Waals surface area contributed by atoms with Gasteiger partial charge >= 0.3 is 0 Å². The minimum atomic E-state index is -0.502. The highest BCUT2D eigenvalue weighted by Crippen LogP contribution is 2.35. The fraction of sp³-hybridized carbons (Fsp3) is 0.409. The van der Waals surface area contributed by atoms with E-state index in [-0.39, 0.29) is 28.9 Å². The number of anilines is 2. The van der Waals surface area contributed by atoms with Gasteiger partial charge in [0.2, 0.25) is 0 Å². The second kappa shape index (κ2) is 9.56. The maximum atomic E-state index is 14.4. The molecule has 4 rings (SSSR count). The predicted molar refractivity (Wildman–Crippen MR) is 125 cm³/mol. The normalized spacial score (nSPS) is 21.1. The Labute approximate surface area is 194 Å². The van der Waals surface area contributed by atoms with Gasteiger partial charge < -0.3 is 26.3 Å². The Morgan fingerprint density at radius 1 is 1.39 bits per heavy atom. The first-order valence-corrected chi connectivity index (χ1v) is 11.4. The number of nitrogens with one attached hydrogen (secondary N) is 1. The van der Waals surface area contributed by atoms with Crippen molar-refractivity contribution in [2.75, 3.05) is 24.8 Å². The summed E-state index contributed by atoms with van der Waals surface area (Å²) in [7, 11) is 3.39. The Kier molecular flexibility index (Phi) is 6.75. The highest BCUT2D eigenvalue weighted by atomic mass is 32.1. The molecule has 0 radical (unpaired) electrons. The van der Waals surface area contributed by atoms with E-state index in [0.717, 1.165) is 11.3 Å². The molecule has 11 heteroatoms. The summed E-state index contributed by atoms with van der Waals surface area (Å²) in [5.74, 6) is -0.915. The number of halogens is 1. The number of hydrogen-bond donors (Lipinski definition) is 3. The molecule has 3 atom stereocenters. The highest BCUT2D eigenvalue weighted by Gasteiger charge is 2.30. The van der Waals surface area contributed by atoms with Crippen molar-refractivity contribution in [1.82, 2.24) is 14.8 Å². The van der Waals surface area contributed by atoms with E-state index in [1.807, 2.05) is 0 Å². The lowest BCUT2D eigenvalue weighted by Gasteiger charge is -2.19. The maximum Gasteiger partial charge on any atom is 0.277 e. The Bertz CT molecular complexity index is 1140. The van der Waals surface area contributed by atoms with Crippen LogP contribution in [0.4, 0.5) is 15.1 Å². The lowest BCUT2D eigenvalue weighted by atomic mass is 10.0. The van der Waals surface area contributed by atoms with Gasteiger partial charge in [-0.2, -0.15) is 5.10 Å². The van der Waals surface area contributed by atoms with E-state index in [1.165, 1.54) is 6.07 Å². The molecule has 0 aliphatic carbocycles. The van der Waals surface area contributed by atoms with Gasteiger partial charge in [0.05, 0.1) is 30.3 Å². The first kappa shape index (κ1) is 23.3. The molecule has 9 nitrogen and oxygen atoms in total. The average Bonchev–Trinajstić information content (AvgIpc) is 3.26. The Balaban J connectivity index is 1.58. The average molecular weight is 475 g/mol. The number of nitrogens with zero attached hydrogens (tertiary/aromatic N) is 3. The number of ether oxygens (including phenoxy) is 2. The lowest BCUT2D eigenvalue weighted by molar-refractivity contribution is -0.0211. The number of rotatable bonds is 5. The SMILES string of the molecule is CO[C@H]1CO[C@H](c2c(NC(=O)c3nc(-c4c(C)cccc4F)sc3N)cnn2C)CC[C@H]1N. The van der Waals surface area contributed by atoms with Crippen LogP contribution < -0.4 is 16.8 Å². The van der Waals surface area contributed by atoms with Crippen LogP contribution in [-0.2, 0) is 16.5 Å². The lowest BCUT2D eigenvalue weighted by Crippen LogP contribution is -2.37. The van der Waals surface area contributed by atoms with Crippen molar-refractivity contribution in [3.05, 3.63) is 47.2 Å². The van der Waals surface area contributed by atoms with Gasteiger partial charge in [0.15, 0.2) is 5.69 Å². The van der Waals surface area contributed by atoms with Gasteiger partial charge in [-0.3, -0.25) is 9.48 Å². The zero-order valence-electron chi connectivity index (χ0n) is 18.7. The summed E-state index contributed by atoms with van der Waals surface area (Å²) in [5, 5.41) is 7.69. The van der Waals surface area contributed by atoms with Gasteiger partial charge in [-0.15, -0.1) is 0 Å². The number of benzene rings is 1. The molecule has 1 saturated heterocycles. The summed E-state index contributed by atoms with van der Waals surface area (Å²) in [6.45, 7) is 2.12. The van der Waals surface area contributed by atoms with Crippen molar-refractivity contribution in [2.45, 2.75) is 38.0 Å². The molecular weight excluding hydrogens is 447 g/mol. The van der Waals surface area contributed by atoms with Crippen LogP contribution in [0.5, 0.6) is 0 Å².